The number of ether oxygens (including phenoxy) is 1. The number of aryl methyl sites for hydroxylation is 1. The lowest BCUT2D eigenvalue weighted by Crippen LogP contribution is -2.39. The van der Waals surface area contributed by atoms with Crippen LogP contribution in [0.2, 0.25) is 0 Å². The number of esters is 1. The largest absolute Gasteiger partial charge is 0.464 e. The van der Waals surface area contributed by atoms with E-state index in [0.717, 1.165) is 24.2 Å². The van der Waals surface area contributed by atoms with Crippen molar-refractivity contribution in [2.24, 2.45) is 5.92 Å². The minimum absolute atomic E-state index is 0.117. The number of amides is 1. The van der Waals surface area contributed by atoms with Gasteiger partial charge in [0.15, 0.2) is 6.04 Å². The number of rotatable bonds is 6. The van der Waals surface area contributed by atoms with Gasteiger partial charge in [0.1, 0.15) is 0 Å². The zero-order valence-corrected chi connectivity index (χ0v) is 16.6. The highest BCUT2D eigenvalue weighted by Crippen LogP contribution is 2.27. The molecular formula is C22H27N3O3. The average Bonchev–Trinajstić information content (AvgIpc) is 3.01. The predicted octanol–water partition coefficient (Wildman–Crippen LogP) is 3.57. The number of allylic oxidation sites excluding steroid dienone is 2. The van der Waals surface area contributed by atoms with Crippen LogP contribution in [0.5, 0.6) is 0 Å². The lowest BCUT2D eigenvalue weighted by atomic mass is 9.93. The molecule has 0 spiro atoms. The van der Waals surface area contributed by atoms with Crippen molar-refractivity contribution in [2.75, 3.05) is 6.61 Å². The molecule has 0 unspecified atom stereocenters. The molecule has 0 saturated heterocycles. The van der Waals surface area contributed by atoms with Crippen LogP contribution < -0.4 is 5.32 Å². The average molecular weight is 381 g/mol. The number of carbonyl (C=O) groups excluding carboxylic acids is 2. The molecule has 0 aliphatic heterocycles. The van der Waals surface area contributed by atoms with Gasteiger partial charge < -0.3 is 10.1 Å². The van der Waals surface area contributed by atoms with Gasteiger partial charge in [0, 0.05) is 17.2 Å². The monoisotopic (exact) mass is 381 g/mol. The summed E-state index contributed by atoms with van der Waals surface area (Å²) < 4.78 is 7.06. The molecule has 0 radical (unpaired) electrons. The Bertz CT molecular complexity index is 871. The number of hydrogen-bond donors (Lipinski definition) is 1. The van der Waals surface area contributed by atoms with Crippen LogP contribution in [0.25, 0.3) is 5.69 Å². The molecule has 2 aromatic rings. The summed E-state index contributed by atoms with van der Waals surface area (Å²) in [6.45, 7) is 5.77. The Kier molecular flexibility index (Phi) is 6.29. The quantitative estimate of drug-likeness (QED) is 0.613. The van der Waals surface area contributed by atoms with Crippen LogP contribution in [0.1, 0.15) is 49.2 Å². The number of carbonyl (C=O) groups is 2. The van der Waals surface area contributed by atoms with E-state index >= 15 is 0 Å². The first-order chi connectivity index (χ1) is 13.5. The fourth-order valence-corrected chi connectivity index (χ4v) is 3.66. The van der Waals surface area contributed by atoms with Crippen LogP contribution >= 0.6 is 0 Å². The molecule has 1 N–H and O–H groups in total. The van der Waals surface area contributed by atoms with Crippen molar-refractivity contribution in [2.45, 2.75) is 46.1 Å². The molecule has 0 fully saturated rings. The highest BCUT2D eigenvalue weighted by atomic mass is 16.5. The summed E-state index contributed by atoms with van der Waals surface area (Å²) in [5.74, 6) is -0.693. The molecule has 28 heavy (non-hydrogen) atoms. The summed E-state index contributed by atoms with van der Waals surface area (Å²) in [5, 5.41) is 7.54. The minimum Gasteiger partial charge on any atom is -0.464 e. The van der Waals surface area contributed by atoms with E-state index in [2.05, 4.69) is 16.5 Å². The standard InChI is InChI=1S/C22H27N3O3/c1-4-28-22(27)20(23-21(26)17-11-7-5-8-12-17)19-15(2)24-25(16(19)3)18-13-9-6-10-14-18/h5-7,9-10,13-14,17,20H,4,8,11-12H2,1-3H3,(H,23,26)/t17-,20+/m1/s1. The third kappa shape index (κ3) is 4.16. The zero-order chi connectivity index (χ0) is 20.1. The number of nitrogens with one attached hydrogen (secondary N) is 1. The summed E-state index contributed by atoms with van der Waals surface area (Å²) in [6, 6.07) is 8.86. The molecule has 1 aliphatic carbocycles. The van der Waals surface area contributed by atoms with E-state index in [1.54, 1.807) is 11.6 Å². The number of benzene rings is 1. The van der Waals surface area contributed by atoms with Crippen LogP contribution in [-0.4, -0.2) is 28.3 Å². The van der Waals surface area contributed by atoms with E-state index < -0.39 is 12.0 Å². The SMILES string of the molecule is CCOC(=O)[C@@H](NC(=O)[C@@H]1CC=CCC1)c1c(C)nn(-c2ccccc2)c1C. The molecule has 1 heterocycles. The van der Waals surface area contributed by atoms with Crippen LogP contribution in [0.4, 0.5) is 0 Å². The second-order valence-corrected chi connectivity index (χ2v) is 7.01. The van der Waals surface area contributed by atoms with Gasteiger partial charge in [-0.15, -0.1) is 0 Å². The van der Waals surface area contributed by atoms with Gasteiger partial charge in [-0.3, -0.25) is 4.79 Å². The Morgan fingerprint density at radius 3 is 2.64 bits per heavy atom. The normalized spacial score (nSPS) is 17.2. The van der Waals surface area contributed by atoms with Gasteiger partial charge in [-0.1, -0.05) is 30.4 Å². The molecule has 1 aromatic carbocycles. The van der Waals surface area contributed by atoms with Crippen LogP contribution in [-0.2, 0) is 14.3 Å². The molecular weight excluding hydrogens is 354 g/mol. The van der Waals surface area contributed by atoms with E-state index in [0.29, 0.717) is 17.7 Å². The van der Waals surface area contributed by atoms with E-state index in [1.165, 1.54) is 0 Å². The molecule has 1 aliphatic rings. The molecule has 1 amide bonds. The Hall–Kier alpha value is -2.89. The van der Waals surface area contributed by atoms with Crippen LogP contribution in [0.15, 0.2) is 42.5 Å². The summed E-state index contributed by atoms with van der Waals surface area (Å²) in [5.41, 5.74) is 3.11. The van der Waals surface area contributed by atoms with Crippen molar-refractivity contribution in [1.29, 1.82) is 0 Å². The van der Waals surface area contributed by atoms with Crippen LogP contribution in [0.3, 0.4) is 0 Å². The summed E-state index contributed by atoms with van der Waals surface area (Å²) >= 11 is 0. The van der Waals surface area contributed by atoms with Crippen molar-refractivity contribution in [1.82, 2.24) is 15.1 Å². The van der Waals surface area contributed by atoms with Gasteiger partial charge in [0.25, 0.3) is 0 Å². The first kappa shape index (κ1) is 19.9. The Labute approximate surface area is 165 Å². The molecule has 148 valence electrons. The summed E-state index contributed by atoms with van der Waals surface area (Å²) in [7, 11) is 0. The highest BCUT2D eigenvalue weighted by molar-refractivity contribution is 5.87. The van der Waals surface area contributed by atoms with Gasteiger partial charge in [-0.25, -0.2) is 9.48 Å². The highest BCUT2D eigenvalue weighted by Gasteiger charge is 2.32. The Morgan fingerprint density at radius 1 is 1.25 bits per heavy atom. The van der Waals surface area contributed by atoms with Gasteiger partial charge in [-0.2, -0.15) is 5.10 Å². The zero-order valence-electron chi connectivity index (χ0n) is 16.6. The van der Waals surface area contributed by atoms with E-state index in [4.69, 9.17) is 4.74 Å². The second-order valence-electron chi connectivity index (χ2n) is 7.01. The summed E-state index contributed by atoms with van der Waals surface area (Å²) in [4.78, 5) is 25.5. The summed E-state index contributed by atoms with van der Waals surface area (Å²) in [6.07, 6.45) is 6.48. The van der Waals surface area contributed by atoms with Crippen molar-refractivity contribution in [3.05, 3.63) is 59.4 Å². The van der Waals surface area contributed by atoms with Gasteiger partial charge >= 0.3 is 5.97 Å². The van der Waals surface area contributed by atoms with E-state index in [9.17, 15) is 9.59 Å². The van der Waals surface area contributed by atoms with Crippen molar-refractivity contribution in [3.63, 3.8) is 0 Å². The topological polar surface area (TPSA) is 73.2 Å². The van der Waals surface area contributed by atoms with E-state index in [-0.39, 0.29) is 18.4 Å². The third-order valence-corrected chi connectivity index (χ3v) is 5.09. The molecule has 6 nitrogen and oxygen atoms in total. The fourth-order valence-electron chi connectivity index (χ4n) is 3.66. The first-order valence-corrected chi connectivity index (χ1v) is 9.76. The maximum atomic E-state index is 12.8. The van der Waals surface area contributed by atoms with Crippen LogP contribution in [0, 0.1) is 19.8 Å². The Balaban J connectivity index is 1.94. The van der Waals surface area contributed by atoms with Gasteiger partial charge in [0.05, 0.1) is 18.0 Å². The molecule has 3 rings (SSSR count). The fraction of sp³-hybridized carbons (Fsp3) is 0.409. The molecule has 6 heteroatoms. The lowest BCUT2D eigenvalue weighted by Gasteiger charge is -2.22. The predicted molar refractivity (Wildman–Crippen MR) is 107 cm³/mol. The number of para-hydroxylation sites is 1. The van der Waals surface area contributed by atoms with Crippen molar-refractivity contribution >= 4 is 11.9 Å². The third-order valence-electron chi connectivity index (χ3n) is 5.09. The number of aromatic nitrogens is 2. The van der Waals surface area contributed by atoms with Crippen molar-refractivity contribution in [3.8, 4) is 5.69 Å². The second kappa shape index (κ2) is 8.87. The molecule has 0 saturated carbocycles. The number of nitrogens with zero attached hydrogens (tertiary/aromatic N) is 2. The maximum absolute atomic E-state index is 12.8. The first-order valence-electron chi connectivity index (χ1n) is 9.76. The lowest BCUT2D eigenvalue weighted by molar-refractivity contribution is -0.148. The van der Waals surface area contributed by atoms with Crippen molar-refractivity contribution < 1.29 is 14.3 Å². The molecule has 0 bridgehead atoms. The number of hydrogen-bond acceptors (Lipinski definition) is 4. The molecule has 1 aromatic heterocycles. The maximum Gasteiger partial charge on any atom is 0.333 e. The van der Waals surface area contributed by atoms with E-state index in [1.807, 2.05) is 50.3 Å². The Morgan fingerprint density at radius 2 is 2.00 bits per heavy atom. The van der Waals surface area contributed by atoms with Gasteiger partial charge in [0.2, 0.25) is 5.91 Å². The minimum atomic E-state index is -0.865. The smallest absolute Gasteiger partial charge is 0.333 e. The van der Waals surface area contributed by atoms with Gasteiger partial charge in [-0.05, 0) is 52.2 Å². The molecule has 2 atom stereocenters.